The van der Waals surface area contributed by atoms with Crippen molar-refractivity contribution in [2.75, 3.05) is 13.2 Å². The fourth-order valence-electron chi connectivity index (χ4n) is 0.835. The summed E-state index contributed by atoms with van der Waals surface area (Å²) in [4.78, 5) is 0. The molecule has 0 amide bonds. The Labute approximate surface area is 77.3 Å². The molecule has 2 atom stereocenters. The Morgan fingerprint density at radius 1 is 1.62 bits per heavy atom. The van der Waals surface area contributed by atoms with Crippen LogP contribution in [0, 0.1) is 17.8 Å². The maximum absolute atomic E-state index is 11.0. The molecule has 1 aliphatic heterocycles. The van der Waals surface area contributed by atoms with Gasteiger partial charge in [0, 0.05) is 0 Å². The summed E-state index contributed by atoms with van der Waals surface area (Å²) in [5.74, 6) is 4.94. The van der Waals surface area contributed by atoms with Crippen LogP contribution in [0.1, 0.15) is 6.92 Å². The molecule has 0 aromatic carbocycles. The Kier molecular flexibility index (Phi) is 3.27. The van der Waals surface area contributed by atoms with Crippen LogP contribution in [-0.2, 0) is 14.5 Å². The largest absolute Gasteiger partial charge is 0.395 e. The average Bonchev–Trinajstić information content (AvgIpc) is 2.01. The van der Waals surface area contributed by atoms with E-state index in [1.807, 2.05) is 0 Å². The Morgan fingerprint density at radius 3 is 2.92 bits per heavy atom. The Balaban J connectivity index is 2.81. The summed E-state index contributed by atoms with van der Waals surface area (Å²) in [5, 5.41) is 8.77. The van der Waals surface area contributed by atoms with Gasteiger partial charge in [0.2, 0.25) is 0 Å². The van der Waals surface area contributed by atoms with Gasteiger partial charge in [-0.05, 0) is 6.92 Å². The van der Waals surface area contributed by atoms with Gasteiger partial charge in [0.1, 0.15) is 0 Å². The SMILES string of the molecule is C[C@@H]1C#C[C@@H](CO)COS(=O)(=O)N1. The van der Waals surface area contributed by atoms with E-state index in [9.17, 15) is 8.42 Å². The first-order valence-electron chi connectivity index (χ1n) is 3.82. The lowest BCUT2D eigenvalue weighted by atomic mass is 10.2. The minimum absolute atomic E-state index is 0.106. The van der Waals surface area contributed by atoms with Crippen molar-refractivity contribution in [3.63, 3.8) is 0 Å². The van der Waals surface area contributed by atoms with Crippen molar-refractivity contribution in [3.05, 3.63) is 0 Å². The Hall–Kier alpha value is -0.610. The average molecular weight is 205 g/mol. The molecule has 0 unspecified atom stereocenters. The zero-order chi connectivity index (χ0) is 9.90. The van der Waals surface area contributed by atoms with E-state index in [1.54, 1.807) is 6.92 Å². The van der Waals surface area contributed by atoms with Gasteiger partial charge in [-0.15, -0.1) is 0 Å². The number of nitrogens with one attached hydrogen (secondary N) is 1. The van der Waals surface area contributed by atoms with Gasteiger partial charge < -0.3 is 5.11 Å². The smallest absolute Gasteiger partial charge is 0.336 e. The molecule has 0 fully saturated rings. The first-order chi connectivity index (χ1) is 6.03. The Morgan fingerprint density at radius 2 is 2.31 bits per heavy atom. The number of rotatable bonds is 1. The zero-order valence-electron chi connectivity index (χ0n) is 7.15. The van der Waals surface area contributed by atoms with Crippen LogP contribution in [0.3, 0.4) is 0 Å². The van der Waals surface area contributed by atoms with Crippen LogP contribution in [0.4, 0.5) is 0 Å². The van der Waals surface area contributed by atoms with Gasteiger partial charge >= 0.3 is 10.3 Å². The predicted octanol–water partition coefficient (Wildman–Crippen LogP) is -1.15. The Bertz CT molecular complexity index is 326. The molecule has 0 saturated heterocycles. The maximum Gasteiger partial charge on any atom is 0.336 e. The highest BCUT2D eigenvalue weighted by Gasteiger charge is 2.18. The van der Waals surface area contributed by atoms with Gasteiger partial charge in [0.25, 0.3) is 0 Å². The van der Waals surface area contributed by atoms with Crippen LogP contribution in [0.5, 0.6) is 0 Å². The number of hydrogen-bond donors (Lipinski definition) is 2. The van der Waals surface area contributed by atoms with E-state index >= 15 is 0 Å². The van der Waals surface area contributed by atoms with Crippen LogP contribution >= 0.6 is 0 Å². The van der Waals surface area contributed by atoms with E-state index in [2.05, 4.69) is 20.7 Å². The summed E-state index contributed by atoms with van der Waals surface area (Å²) in [7, 11) is -3.70. The van der Waals surface area contributed by atoms with E-state index in [1.165, 1.54) is 0 Å². The van der Waals surface area contributed by atoms with Crippen molar-refractivity contribution in [1.29, 1.82) is 0 Å². The molecule has 5 nitrogen and oxygen atoms in total. The van der Waals surface area contributed by atoms with Gasteiger partial charge in [-0.1, -0.05) is 11.8 Å². The molecule has 2 N–H and O–H groups in total. The fourth-order valence-corrected chi connectivity index (χ4v) is 1.74. The highest BCUT2D eigenvalue weighted by molar-refractivity contribution is 7.84. The van der Waals surface area contributed by atoms with Crippen molar-refractivity contribution in [3.8, 4) is 11.8 Å². The zero-order valence-corrected chi connectivity index (χ0v) is 7.97. The van der Waals surface area contributed by atoms with E-state index in [4.69, 9.17) is 5.11 Å². The lowest BCUT2D eigenvalue weighted by Crippen LogP contribution is -2.36. The third-order valence-electron chi connectivity index (χ3n) is 1.47. The molecule has 0 spiro atoms. The van der Waals surface area contributed by atoms with Gasteiger partial charge in [-0.25, -0.2) is 0 Å². The number of aliphatic hydroxyl groups is 1. The first-order valence-corrected chi connectivity index (χ1v) is 5.23. The van der Waals surface area contributed by atoms with E-state index in [-0.39, 0.29) is 13.2 Å². The lowest BCUT2D eigenvalue weighted by Gasteiger charge is -2.14. The van der Waals surface area contributed by atoms with Crippen LogP contribution < -0.4 is 4.72 Å². The quantitative estimate of drug-likeness (QED) is 0.530. The minimum Gasteiger partial charge on any atom is -0.395 e. The molecule has 6 heteroatoms. The van der Waals surface area contributed by atoms with Crippen LogP contribution in [0.15, 0.2) is 0 Å². The molecule has 0 bridgehead atoms. The molecule has 0 aliphatic carbocycles. The maximum atomic E-state index is 11.0. The molecule has 1 aliphatic rings. The van der Waals surface area contributed by atoms with Gasteiger partial charge in [-0.2, -0.15) is 13.1 Å². The van der Waals surface area contributed by atoms with Crippen molar-refractivity contribution < 1.29 is 17.7 Å². The van der Waals surface area contributed by atoms with E-state index in [0.29, 0.717) is 0 Å². The summed E-state index contributed by atoms with van der Waals surface area (Å²) in [6.07, 6.45) is 0. The van der Waals surface area contributed by atoms with Crippen molar-refractivity contribution >= 4 is 10.3 Å². The third kappa shape index (κ3) is 3.32. The highest BCUT2D eigenvalue weighted by atomic mass is 32.2. The van der Waals surface area contributed by atoms with Crippen LogP contribution in [-0.4, -0.2) is 32.8 Å². The molecule has 0 aromatic rings. The van der Waals surface area contributed by atoms with Crippen molar-refractivity contribution in [2.24, 2.45) is 5.92 Å². The number of hydrogen-bond acceptors (Lipinski definition) is 4. The van der Waals surface area contributed by atoms with E-state index in [0.717, 1.165) is 0 Å². The second-order valence-electron chi connectivity index (χ2n) is 2.75. The minimum atomic E-state index is -3.70. The highest BCUT2D eigenvalue weighted by Crippen LogP contribution is 2.02. The number of aliphatic hydroxyl groups excluding tert-OH is 1. The summed E-state index contributed by atoms with van der Waals surface area (Å²) >= 11 is 0. The fraction of sp³-hybridized carbons (Fsp3) is 0.714. The van der Waals surface area contributed by atoms with Crippen molar-refractivity contribution in [2.45, 2.75) is 13.0 Å². The predicted molar refractivity (Wildman–Crippen MR) is 45.8 cm³/mol. The molecule has 1 rings (SSSR count). The standard InChI is InChI=1S/C7H11NO4S/c1-6-2-3-7(4-9)5-12-13(10,11)8-6/h6-9H,4-5H2,1H3/t6-,7+/m1/s1. The second-order valence-corrected chi connectivity index (χ2v) is 4.13. The normalized spacial score (nSPS) is 32.5. The second kappa shape index (κ2) is 4.07. The van der Waals surface area contributed by atoms with Gasteiger partial charge in [-0.3, -0.25) is 4.18 Å². The van der Waals surface area contributed by atoms with E-state index < -0.39 is 22.3 Å². The van der Waals surface area contributed by atoms with Gasteiger partial charge in [0.05, 0.1) is 25.2 Å². The van der Waals surface area contributed by atoms with Gasteiger partial charge in [0.15, 0.2) is 0 Å². The molecular formula is C7H11NO4S. The molecule has 0 saturated carbocycles. The molecule has 1 heterocycles. The monoisotopic (exact) mass is 205 g/mol. The van der Waals surface area contributed by atoms with Crippen molar-refractivity contribution in [1.82, 2.24) is 4.72 Å². The lowest BCUT2D eigenvalue weighted by molar-refractivity contribution is 0.196. The summed E-state index contributed by atoms with van der Waals surface area (Å²) in [5.41, 5.74) is 0. The molecule has 74 valence electrons. The summed E-state index contributed by atoms with van der Waals surface area (Å²) in [6.45, 7) is 1.30. The summed E-state index contributed by atoms with van der Waals surface area (Å²) < 4.78 is 28.8. The topological polar surface area (TPSA) is 75.6 Å². The molecule has 13 heavy (non-hydrogen) atoms. The molecule has 0 radical (unpaired) electrons. The van der Waals surface area contributed by atoms with Crippen LogP contribution in [0.2, 0.25) is 0 Å². The third-order valence-corrected chi connectivity index (χ3v) is 2.56. The molecule has 0 aromatic heterocycles. The molecular weight excluding hydrogens is 194 g/mol. The van der Waals surface area contributed by atoms with Crippen LogP contribution in [0.25, 0.3) is 0 Å². The first kappa shape index (κ1) is 10.5. The summed E-state index contributed by atoms with van der Waals surface area (Å²) in [6, 6.07) is -0.487.